The number of methoxy groups -OCH3 is 2. The van der Waals surface area contributed by atoms with Gasteiger partial charge in [0.1, 0.15) is 5.75 Å². The molecule has 35 heavy (non-hydrogen) atoms. The fourth-order valence-electron chi connectivity index (χ4n) is 4.38. The molecule has 0 bridgehead atoms. The molecule has 0 N–H and O–H groups in total. The molecule has 4 rings (SSSR count). The summed E-state index contributed by atoms with van der Waals surface area (Å²) >= 11 is 0. The first-order chi connectivity index (χ1) is 17.0. The Morgan fingerprint density at radius 2 is 1.54 bits per heavy atom. The lowest BCUT2D eigenvalue weighted by atomic mass is 9.86. The summed E-state index contributed by atoms with van der Waals surface area (Å²) in [5.41, 5.74) is 3.87. The molecule has 0 fully saturated rings. The number of carbonyl (C=O) groups is 2. The van der Waals surface area contributed by atoms with Gasteiger partial charge in [-0.05, 0) is 79.1 Å². The van der Waals surface area contributed by atoms with E-state index in [4.69, 9.17) is 18.9 Å². The molecule has 0 radical (unpaired) electrons. The highest BCUT2D eigenvalue weighted by Gasteiger charge is 2.36. The maximum atomic E-state index is 13.6. The Morgan fingerprint density at radius 1 is 0.914 bits per heavy atom. The van der Waals surface area contributed by atoms with Crippen LogP contribution in [0.3, 0.4) is 0 Å². The van der Waals surface area contributed by atoms with Crippen LogP contribution in [0.2, 0.25) is 0 Å². The van der Waals surface area contributed by atoms with Crippen LogP contribution in [-0.2, 0) is 16.0 Å². The maximum absolute atomic E-state index is 13.6. The molecule has 1 aliphatic heterocycles. The lowest BCUT2D eigenvalue weighted by molar-refractivity contribution is -0.118. The first kappa shape index (κ1) is 24.1. The van der Waals surface area contributed by atoms with Gasteiger partial charge in [0.05, 0.1) is 45.5 Å². The average Bonchev–Trinajstić information content (AvgIpc) is 2.88. The zero-order valence-corrected chi connectivity index (χ0v) is 20.4. The number of hydrogen-bond donors (Lipinski definition) is 0. The molecule has 0 saturated carbocycles. The third-order valence-electron chi connectivity index (χ3n) is 5.97. The standard InChI is InChI=1S/C28H29NO6/c1-5-34-24-15-20-16-26(30)29(21-11-7-19(8-12-21)28(31)33-4)27(23(20)17-25(24)35-6-2)18-9-13-22(32-3)14-10-18/h7-15,17,27H,5-6,16H2,1-4H3. The quantitative estimate of drug-likeness (QED) is 0.429. The van der Waals surface area contributed by atoms with Gasteiger partial charge in [-0.1, -0.05) is 12.1 Å². The molecule has 1 amide bonds. The van der Waals surface area contributed by atoms with Crippen molar-refractivity contribution in [2.24, 2.45) is 0 Å². The highest BCUT2D eigenvalue weighted by atomic mass is 16.5. The summed E-state index contributed by atoms with van der Waals surface area (Å²) in [4.78, 5) is 27.2. The number of ether oxygens (including phenoxy) is 4. The Hall–Kier alpha value is -4.00. The van der Waals surface area contributed by atoms with Crippen LogP contribution in [0.15, 0.2) is 60.7 Å². The third kappa shape index (κ3) is 4.80. The molecular formula is C28H29NO6. The normalized spacial score (nSPS) is 14.8. The molecule has 3 aromatic carbocycles. The van der Waals surface area contributed by atoms with Crippen molar-refractivity contribution in [2.45, 2.75) is 26.3 Å². The zero-order valence-electron chi connectivity index (χ0n) is 20.4. The summed E-state index contributed by atoms with van der Waals surface area (Å²) in [5, 5.41) is 0. The highest BCUT2D eigenvalue weighted by molar-refractivity contribution is 5.99. The molecule has 3 aromatic rings. The number of fused-ring (bicyclic) bond motifs is 1. The van der Waals surface area contributed by atoms with Crippen molar-refractivity contribution in [1.82, 2.24) is 0 Å². The van der Waals surface area contributed by atoms with Gasteiger partial charge in [0, 0.05) is 5.69 Å². The van der Waals surface area contributed by atoms with Crippen molar-refractivity contribution >= 4 is 17.6 Å². The van der Waals surface area contributed by atoms with E-state index in [0.29, 0.717) is 36.0 Å². The number of amides is 1. The fraction of sp³-hybridized carbons (Fsp3) is 0.286. The Balaban J connectivity index is 1.87. The number of esters is 1. The number of carbonyl (C=O) groups excluding carboxylic acids is 2. The second kappa shape index (κ2) is 10.5. The fourth-order valence-corrected chi connectivity index (χ4v) is 4.38. The molecule has 182 valence electrons. The van der Waals surface area contributed by atoms with Crippen molar-refractivity contribution in [3.63, 3.8) is 0 Å². The number of benzene rings is 3. The van der Waals surface area contributed by atoms with Gasteiger partial charge >= 0.3 is 5.97 Å². The molecule has 1 heterocycles. The highest BCUT2D eigenvalue weighted by Crippen LogP contribution is 2.43. The SMILES string of the molecule is CCOc1cc2c(cc1OCC)C(c1ccc(OC)cc1)N(c1ccc(C(=O)OC)cc1)C(=O)C2. The Labute approximate surface area is 205 Å². The molecule has 1 unspecified atom stereocenters. The van der Waals surface area contributed by atoms with Crippen LogP contribution in [0.25, 0.3) is 0 Å². The average molecular weight is 476 g/mol. The van der Waals surface area contributed by atoms with E-state index in [1.807, 2.05) is 50.2 Å². The second-order valence-corrected chi connectivity index (χ2v) is 8.02. The largest absolute Gasteiger partial charge is 0.497 e. The first-order valence-electron chi connectivity index (χ1n) is 11.6. The van der Waals surface area contributed by atoms with Gasteiger partial charge in [-0.2, -0.15) is 0 Å². The summed E-state index contributed by atoms with van der Waals surface area (Å²) in [7, 11) is 2.96. The molecule has 0 spiro atoms. The molecule has 0 saturated heterocycles. The summed E-state index contributed by atoms with van der Waals surface area (Å²) in [5.74, 6) is 1.51. The topological polar surface area (TPSA) is 74.3 Å². The lowest BCUT2D eigenvalue weighted by Crippen LogP contribution is -2.41. The van der Waals surface area contributed by atoms with Crippen molar-refractivity contribution in [3.8, 4) is 17.2 Å². The molecule has 0 aliphatic carbocycles. The summed E-state index contributed by atoms with van der Waals surface area (Å²) in [6, 6.07) is 18.0. The van der Waals surface area contributed by atoms with Gasteiger partial charge in [-0.3, -0.25) is 4.79 Å². The van der Waals surface area contributed by atoms with Crippen LogP contribution in [0.1, 0.15) is 46.9 Å². The van der Waals surface area contributed by atoms with E-state index in [-0.39, 0.29) is 12.3 Å². The molecule has 7 heteroatoms. The van der Waals surface area contributed by atoms with Gasteiger partial charge in [0.25, 0.3) is 0 Å². The van der Waals surface area contributed by atoms with Gasteiger partial charge in [0.2, 0.25) is 5.91 Å². The van der Waals surface area contributed by atoms with Crippen LogP contribution in [0, 0.1) is 0 Å². The third-order valence-corrected chi connectivity index (χ3v) is 5.97. The van der Waals surface area contributed by atoms with Gasteiger partial charge in [-0.15, -0.1) is 0 Å². The molecule has 1 aliphatic rings. The maximum Gasteiger partial charge on any atom is 0.337 e. The van der Waals surface area contributed by atoms with Crippen molar-refractivity contribution < 1.29 is 28.5 Å². The van der Waals surface area contributed by atoms with Crippen LogP contribution in [0.4, 0.5) is 5.69 Å². The number of nitrogens with zero attached hydrogens (tertiary/aromatic N) is 1. The summed E-state index contributed by atoms with van der Waals surface area (Å²) < 4.78 is 21.9. The number of anilines is 1. The Kier molecular flexibility index (Phi) is 7.25. The number of rotatable bonds is 8. The van der Waals surface area contributed by atoms with Gasteiger partial charge in [-0.25, -0.2) is 4.79 Å². The predicted octanol–water partition coefficient (Wildman–Crippen LogP) is 4.96. The van der Waals surface area contributed by atoms with E-state index >= 15 is 0 Å². The van der Waals surface area contributed by atoms with Crippen molar-refractivity contribution in [1.29, 1.82) is 0 Å². The molecule has 7 nitrogen and oxygen atoms in total. The predicted molar refractivity (Wildman–Crippen MR) is 133 cm³/mol. The van der Waals surface area contributed by atoms with Gasteiger partial charge < -0.3 is 23.8 Å². The zero-order chi connectivity index (χ0) is 24.9. The van der Waals surface area contributed by atoms with Crippen LogP contribution in [-0.4, -0.2) is 39.3 Å². The minimum atomic E-state index is -0.427. The van der Waals surface area contributed by atoms with E-state index in [9.17, 15) is 9.59 Å². The minimum absolute atomic E-state index is 0.0595. The Bertz CT molecular complexity index is 1200. The van der Waals surface area contributed by atoms with Crippen LogP contribution < -0.4 is 19.1 Å². The minimum Gasteiger partial charge on any atom is -0.497 e. The molecule has 1 atom stereocenters. The summed E-state index contributed by atoms with van der Waals surface area (Å²) in [6.07, 6.45) is 0.215. The lowest BCUT2D eigenvalue weighted by Gasteiger charge is -2.38. The van der Waals surface area contributed by atoms with E-state index in [1.165, 1.54) is 7.11 Å². The number of hydrogen-bond acceptors (Lipinski definition) is 6. The van der Waals surface area contributed by atoms with Crippen molar-refractivity contribution in [2.75, 3.05) is 32.3 Å². The second-order valence-electron chi connectivity index (χ2n) is 8.02. The van der Waals surface area contributed by atoms with Gasteiger partial charge in [0.15, 0.2) is 11.5 Å². The first-order valence-corrected chi connectivity index (χ1v) is 11.6. The van der Waals surface area contributed by atoms with E-state index in [0.717, 1.165) is 22.4 Å². The van der Waals surface area contributed by atoms with E-state index < -0.39 is 12.0 Å². The van der Waals surface area contributed by atoms with E-state index in [2.05, 4.69) is 0 Å². The smallest absolute Gasteiger partial charge is 0.337 e. The molecule has 0 aromatic heterocycles. The van der Waals surface area contributed by atoms with Crippen LogP contribution in [0.5, 0.6) is 17.2 Å². The van der Waals surface area contributed by atoms with E-state index in [1.54, 1.807) is 36.3 Å². The van der Waals surface area contributed by atoms with Crippen LogP contribution >= 0.6 is 0 Å². The Morgan fingerprint density at radius 3 is 2.11 bits per heavy atom. The van der Waals surface area contributed by atoms with Crippen molar-refractivity contribution in [3.05, 3.63) is 82.9 Å². The summed E-state index contributed by atoms with van der Waals surface area (Å²) in [6.45, 7) is 4.83. The monoisotopic (exact) mass is 475 g/mol. The molecular weight excluding hydrogens is 446 g/mol.